The maximum atomic E-state index is 12.0. The Morgan fingerprint density at radius 2 is 1.65 bits per heavy atom. The predicted molar refractivity (Wildman–Crippen MR) is 62.3 cm³/mol. The minimum atomic E-state index is -0.304. The summed E-state index contributed by atoms with van der Waals surface area (Å²) in [7, 11) is 0. The molecule has 0 heterocycles. The Bertz CT molecular complexity index is 371. The molecule has 0 spiro atoms. The first kappa shape index (κ1) is 11.2. The molecule has 17 heavy (non-hydrogen) atoms. The lowest BCUT2D eigenvalue weighted by atomic mass is 9.47. The van der Waals surface area contributed by atoms with Crippen LogP contribution in [0.25, 0.3) is 0 Å². The fourth-order valence-corrected chi connectivity index (χ4v) is 5.01. The van der Waals surface area contributed by atoms with Crippen LogP contribution in [0.3, 0.4) is 0 Å². The summed E-state index contributed by atoms with van der Waals surface area (Å²) in [4.78, 5) is 23.3. The third-order valence-corrected chi connectivity index (χ3v) is 5.11. The molecule has 0 aromatic carbocycles. The maximum absolute atomic E-state index is 12.0. The number of esters is 1. The van der Waals surface area contributed by atoms with Crippen LogP contribution in [0.5, 0.6) is 0 Å². The fraction of sp³-hybridized carbons (Fsp3) is 0.857. The number of ether oxygens (including phenoxy) is 1. The van der Waals surface area contributed by atoms with Crippen LogP contribution in [0.4, 0.5) is 0 Å². The molecule has 4 fully saturated rings. The minimum absolute atomic E-state index is 0.167. The van der Waals surface area contributed by atoms with Crippen LogP contribution >= 0.6 is 0 Å². The van der Waals surface area contributed by atoms with Crippen molar-refractivity contribution in [2.75, 3.05) is 0 Å². The van der Waals surface area contributed by atoms with Gasteiger partial charge in [-0.2, -0.15) is 0 Å². The van der Waals surface area contributed by atoms with E-state index in [0.29, 0.717) is 17.6 Å². The zero-order valence-corrected chi connectivity index (χ0v) is 10.6. The smallest absolute Gasteiger partial charge is 0.303 e. The highest BCUT2D eigenvalue weighted by Crippen LogP contribution is 2.63. The molecule has 0 amide bonds. The molecule has 4 rings (SSSR count). The highest BCUT2D eigenvalue weighted by Gasteiger charge is 2.61. The summed E-state index contributed by atoms with van der Waals surface area (Å²) in [5.41, 5.74) is -0.471. The summed E-state index contributed by atoms with van der Waals surface area (Å²) in [5.74, 6) is 1.31. The lowest BCUT2D eigenvalue weighted by Crippen LogP contribution is -2.59. The van der Waals surface area contributed by atoms with Crippen LogP contribution in [0.15, 0.2) is 0 Å². The van der Waals surface area contributed by atoms with Crippen molar-refractivity contribution in [2.45, 2.75) is 58.0 Å². The van der Waals surface area contributed by atoms with E-state index in [1.165, 1.54) is 13.3 Å². The van der Waals surface area contributed by atoms with Crippen LogP contribution < -0.4 is 0 Å². The molecule has 0 saturated heterocycles. The standard InChI is InChI=1S/C14H20O3/c1-9(15)13-4-11-3-12(5-13)7-14(6-11,8-13)17-10(2)16/h11-12H,3-8H2,1-2H3. The molecule has 4 bridgehead atoms. The van der Waals surface area contributed by atoms with E-state index in [0.717, 1.165) is 32.1 Å². The van der Waals surface area contributed by atoms with Gasteiger partial charge in [-0.25, -0.2) is 0 Å². The van der Waals surface area contributed by atoms with Gasteiger partial charge in [-0.1, -0.05) is 0 Å². The lowest BCUT2D eigenvalue weighted by Gasteiger charge is -2.60. The minimum Gasteiger partial charge on any atom is -0.459 e. The number of carbonyl (C=O) groups is 2. The molecule has 2 unspecified atom stereocenters. The molecule has 0 aromatic heterocycles. The second-order valence-corrected chi connectivity index (χ2v) is 6.57. The van der Waals surface area contributed by atoms with Crippen LogP contribution in [0.2, 0.25) is 0 Å². The van der Waals surface area contributed by atoms with Crippen molar-refractivity contribution in [3.05, 3.63) is 0 Å². The summed E-state index contributed by atoms with van der Waals surface area (Å²) < 4.78 is 5.63. The highest BCUT2D eigenvalue weighted by molar-refractivity contribution is 5.83. The third kappa shape index (κ3) is 1.62. The van der Waals surface area contributed by atoms with E-state index in [4.69, 9.17) is 4.74 Å². The normalized spacial score (nSPS) is 46.9. The number of hydrogen-bond donors (Lipinski definition) is 0. The number of rotatable bonds is 2. The molecule has 0 N–H and O–H groups in total. The Morgan fingerprint density at radius 3 is 2.12 bits per heavy atom. The van der Waals surface area contributed by atoms with Gasteiger partial charge in [0.25, 0.3) is 0 Å². The molecule has 94 valence electrons. The van der Waals surface area contributed by atoms with Crippen LogP contribution in [0.1, 0.15) is 52.4 Å². The van der Waals surface area contributed by atoms with E-state index in [1.54, 1.807) is 6.92 Å². The van der Waals surface area contributed by atoms with Gasteiger partial charge in [0.15, 0.2) is 0 Å². The Morgan fingerprint density at radius 1 is 1.06 bits per heavy atom. The van der Waals surface area contributed by atoms with E-state index in [2.05, 4.69) is 0 Å². The Kier molecular flexibility index (Phi) is 2.20. The summed E-state index contributed by atoms with van der Waals surface area (Å²) >= 11 is 0. The van der Waals surface area contributed by atoms with Gasteiger partial charge in [0.05, 0.1) is 0 Å². The van der Waals surface area contributed by atoms with Gasteiger partial charge in [-0.05, 0) is 57.3 Å². The number of ketones is 1. The van der Waals surface area contributed by atoms with Crippen molar-refractivity contribution >= 4 is 11.8 Å². The van der Waals surface area contributed by atoms with Crippen LogP contribution in [0, 0.1) is 17.3 Å². The van der Waals surface area contributed by atoms with Crippen molar-refractivity contribution < 1.29 is 14.3 Å². The molecule has 3 nitrogen and oxygen atoms in total. The second kappa shape index (κ2) is 3.33. The van der Waals surface area contributed by atoms with Crippen molar-refractivity contribution in [3.8, 4) is 0 Å². The fourth-order valence-electron chi connectivity index (χ4n) is 5.01. The SMILES string of the molecule is CC(=O)OC12CC3CC(C1)CC(C(C)=O)(C3)C2. The number of Topliss-reactive ketones (excluding diaryl/α,β-unsaturated/α-hetero) is 1. The average molecular weight is 236 g/mol. The maximum Gasteiger partial charge on any atom is 0.303 e. The van der Waals surface area contributed by atoms with E-state index in [-0.39, 0.29) is 17.0 Å². The van der Waals surface area contributed by atoms with Gasteiger partial charge in [-0.3, -0.25) is 9.59 Å². The topological polar surface area (TPSA) is 43.4 Å². The first-order valence-corrected chi connectivity index (χ1v) is 6.64. The zero-order chi connectivity index (χ0) is 12.3. The zero-order valence-electron chi connectivity index (χ0n) is 10.6. The first-order chi connectivity index (χ1) is 7.93. The molecule has 0 aliphatic heterocycles. The Balaban J connectivity index is 1.94. The van der Waals surface area contributed by atoms with E-state index in [9.17, 15) is 9.59 Å². The molecule has 4 saturated carbocycles. The second-order valence-electron chi connectivity index (χ2n) is 6.57. The van der Waals surface area contributed by atoms with Gasteiger partial charge in [0, 0.05) is 12.3 Å². The Hall–Kier alpha value is -0.860. The Labute approximate surface area is 102 Å². The molecule has 4 aliphatic carbocycles. The molecule has 0 radical (unpaired) electrons. The first-order valence-electron chi connectivity index (χ1n) is 6.64. The molecular weight excluding hydrogens is 216 g/mol. The van der Waals surface area contributed by atoms with E-state index >= 15 is 0 Å². The summed E-state index contributed by atoms with van der Waals surface area (Å²) in [5, 5.41) is 0. The molecule has 2 atom stereocenters. The average Bonchev–Trinajstić information content (AvgIpc) is 2.12. The predicted octanol–water partition coefficient (Wildman–Crippen LogP) is 2.48. The van der Waals surface area contributed by atoms with Gasteiger partial charge in [0.2, 0.25) is 0 Å². The third-order valence-electron chi connectivity index (χ3n) is 5.11. The highest BCUT2D eigenvalue weighted by atomic mass is 16.6. The summed E-state index contributed by atoms with van der Waals surface area (Å²) in [6, 6.07) is 0. The number of carbonyl (C=O) groups excluding carboxylic acids is 2. The monoisotopic (exact) mass is 236 g/mol. The van der Waals surface area contributed by atoms with Crippen LogP contribution in [-0.4, -0.2) is 17.4 Å². The number of hydrogen-bond acceptors (Lipinski definition) is 3. The molecule has 0 aromatic rings. The van der Waals surface area contributed by atoms with Crippen LogP contribution in [-0.2, 0) is 14.3 Å². The van der Waals surface area contributed by atoms with Crippen molar-refractivity contribution in [1.82, 2.24) is 0 Å². The quantitative estimate of drug-likeness (QED) is 0.692. The molecule has 3 heteroatoms. The molecule has 4 aliphatic rings. The lowest BCUT2D eigenvalue weighted by molar-refractivity contribution is -0.200. The summed E-state index contributed by atoms with van der Waals surface area (Å²) in [6.45, 7) is 3.20. The van der Waals surface area contributed by atoms with Crippen molar-refractivity contribution in [2.24, 2.45) is 17.3 Å². The van der Waals surface area contributed by atoms with Crippen molar-refractivity contribution in [1.29, 1.82) is 0 Å². The van der Waals surface area contributed by atoms with E-state index in [1.807, 2.05) is 0 Å². The summed E-state index contributed by atoms with van der Waals surface area (Å²) in [6.07, 6.45) is 6.04. The van der Waals surface area contributed by atoms with Crippen molar-refractivity contribution in [3.63, 3.8) is 0 Å². The van der Waals surface area contributed by atoms with Gasteiger partial charge >= 0.3 is 5.97 Å². The molecular formula is C14H20O3. The van der Waals surface area contributed by atoms with Gasteiger partial charge < -0.3 is 4.74 Å². The van der Waals surface area contributed by atoms with Gasteiger partial charge in [-0.15, -0.1) is 0 Å². The largest absolute Gasteiger partial charge is 0.459 e. The van der Waals surface area contributed by atoms with Gasteiger partial charge in [0.1, 0.15) is 11.4 Å². The van der Waals surface area contributed by atoms with E-state index < -0.39 is 0 Å².